The predicted molar refractivity (Wildman–Crippen MR) is 72.7 cm³/mol. The number of nitrogens with two attached hydrogens (primary N) is 1. The number of nitrogens with zero attached hydrogens (tertiary/aromatic N) is 1. The van der Waals surface area contributed by atoms with Gasteiger partial charge >= 0.3 is 0 Å². The molecule has 0 spiro atoms. The molecular formula is C14H20N2O3. The molecule has 1 fully saturated rings. The summed E-state index contributed by atoms with van der Waals surface area (Å²) in [5.74, 6) is -0.0931. The minimum atomic E-state index is -0.202. The second-order valence-electron chi connectivity index (χ2n) is 4.68. The quantitative estimate of drug-likeness (QED) is 0.837. The zero-order valence-electron chi connectivity index (χ0n) is 11.3. The standard InChI is InChI=1S/C14H20N2O3/c1-18-9-10-7-8-13(19-2)16(10)14(17)11-5-3-4-6-12(11)15/h3-6,10,13H,7-9,15H2,1-2H3. The van der Waals surface area contributed by atoms with E-state index < -0.39 is 0 Å². The second kappa shape index (κ2) is 6.04. The molecule has 104 valence electrons. The zero-order valence-corrected chi connectivity index (χ0v) is 11.3. The number of amides is 1. The van der Waals surface area contributed by atoms with E-state index >= 15 is 0 Å². The van der Waals surface area contributed by atoms with Crippen molar-refractivity contribution in [1.29, 1.82) is 0 Å². The molecule has 1 aliphatic rings. The van der Waals surface area contributed by atoms with Gasteiger partial charge in [-0.15, -0.1) is 0 Å². The number of likely N-dealkylation sites (tertiary alicyclic amines) is 1. The van der Waals surface area contributed by atoms with Gasteiger partial charge in [0.05, 0.1) is 18.2 Å². The molecule has 2 atom stereocenters. The van der Waals surface area contributed by atoms with Crippen molar-refractivity contribution >= 4 is 11.6 Å². The number of carbonyl (C=O) groups is 1. The first-order chi connectivity index (χ1) is 9.19. The highest BCUT2D eigenvalue weighted by Gasteiger charge is 2.37. The number of anilines is 1. The van der Waals surface area contributed by atoms with E-state index in [4.69, 9.17) is 15.2 Å². The van der Waals surface area contributed by atoms with E-state index in [-0.39, 0.29) is 18.2 Å². The largest absolute Gasteiger partial charge is 0.398 e. The van der Waals surface area contributed by atoms with Crippen molar-refractivity contribution in [3.8, 4) is 0 Å². The maximum Gasteiger partial charge on any atom is 0.258 e. The smallest absolute Gasteiger partial charge is 0.258 e. The van der Waals surface area contributed by atoms with Gasteiger partial charge in [0.25, 0.3) is 5.91 Å². The summed E-state index contributed by atoms with van der Waals surface area (Å²) in [6.45, 7) is 0.512. The van der Waals surface area contributed by atoms with Crippen molar-refractivity contribution in [3.63, 3.8) is 0 Å². The van der Waals surface area contributed by atoms with Crippen molar-refractivity contribution in [2.24, 2.45) is 0 Å². The van der Waals surface area contributed by atoms with Crippen LogP contribution in [0.4, 0.5) is 5.69 Å². The van der Waals surface area contributed by atoms with Crippen LogP contribution >= 0.6 is 0 Å². The zero-order chi connectivity index (χ0) is 13.8. The van der Waals surface area contributed by atoms with Crippen molar-refractivity contribution in [2.75, 3.05) is 26.6 Å². The summed E-state index contributed by atoms with van der Waals surface area (Å²) in [5, 5.41) is 0. The molecule has 5 heteroatoms. The maximum absolute atomic E-state index is 12.6. The lowest BCUT2D eigenvalue weighted by atomic mass is 10.1. The van der Waals surface area contributed by atoms with Crippen molar-refractivity contribution in [3.05, 3.63) is 29.8 Å². The van der Waals surface area contributed by atoms with Crippen molar-refractivity contribution < 1.29 is 14.3 Å². The third-order valence-corrected chi connectivity index (χ3v) is 3.51. The minimum absolute atomic E-state index is 0.0436. The lowest BCUT2D eigenvalue weighted by Crippen LogP contribution is -2.44. The summed E-state index contributed by atoms with van der Waals surface area (Å²) in [6.07, 6.45) is 1.50. The number of hydrogen-bond donors (Lipinski definition) is 1. The molecule has 0 radical (unpaired) electrons. The number of para-hydroxylation sites is 1. The average Bonchev–Trinajstić information content (AvgIpc) is 2.82. The van der Waals surface area contributed by atoms with Gasteiger partial charge in [-0.2, -0.15) is 0 Å². The summed E-state index contributed by atoms with van der Waals surface area (Å²) in [7, 11) is 3.26. The highest BCUT2D eigenvalue weighted by molar-refractivity contribution is 5.99. The van der Waals surface area contributed by atoms with Crippen LogP contribution in [0, 0.1) is 0 Å². The van der Waals surface area contributed by atoms with Gasteiger partial charge < -0.3 is 20.1 Å². The van der Waals surface area contributed by atoms with Crippen LogP contribution in [0.1, 0.15) is 23.2 Å². The number of nitrogen functional groups attached to an aromatic ring is 1. The number of carbonyl (C=O) groups excluding carboxylic acids is 1. The van der Waals surface area contributed by atoms with E-state index in [9.17, 15) is 4.79 Å². The fraction of sp³-hybridized carbons (Fsp3) is 0.500. The first-order valence-electron chi connectivity index (χ1n) is 6.38. The molecule has 1 aromatic carbocycles. The first kappa shape index (κ1) is 13.8. The highest BCUT2D eigenvalue weighted by Crippen LogP contribution is 2.28. The Morgan fingerprint density at radius 1 is 1.37 bits per heavy atom. The second-order valence-corrected chi connectivity index (χ2v) is 4.68. The molecular weight excluding hydrogens is 244 g/mol. The first-order valence-corrected chi connectivity index (χ1v) is 6.38. The van der Waals surface area contributed by atoms with Crippen LogP contribution in [0.5, 0.6) is 0 Å². The number of rotatable bonds is 4. The van der Waals surface area contributed by atoms with Gasteiger partial charge in [0.2, 0.25) is 0 Å². The minimum Gasteiger partial charge on any atom is -0.398 e. The van der Waals surface area contributed by atoms with E-state index in [0.29, 0.717) is 17.9 Å². The summed E-state index contributed by atoms with van der Waals surface area (Å²) in [5.41, 5.74) is 6.89. The molecule has 2 N–H and O–H groups in total. The summed E-state index contributed by atoms with van der Waals surface area (Å²) >= 11 is 0. The fourth-order valence-corrected chi connectivity index (χ4v) is 2.56. The summed E-state index contributed by atoms with van der Waals surface area (Å²) < 4.78 is 10.6. The van der Waals surface area contributed by atoms with Crippen LogP contribution in [0.25, 0.3) is 0 Å². The molecule has 2 unspecified atom stereocenters. The van der Waals surface area contributed by atoms with E-state index in [0.717, 1.165) is 12.8 Å². The van der Waals surface area contributed by atoms with Crippen LogP contribution in [0.15, 0.2) is 24.3 Å². The van der Waals surface area contributed by atoms with E-state index in [1.54, 1.807) is 31.3 Å². The molecule has 0 saturated carbocycles. The Bertz CT molecular complexity index is 450. The van der Waals surface area contributed by atoms with Crippen LogP contribution < -0.4 is 5.73 Å². The van der Waals surface area contributed by atoms with Crippen LogP contribution in [0.3, 0.4) is 0 Å². The Kier molecular flexibility index (Phi) is 4.39. The Balaban J connectivity index is 2.26. The van der Waals surface area contributed by atoms with Gasteiger partial charge in [-0.25, -0.2) is 0 Å². The van der Waals surface area contributed by atoms with Gasteiger partial charge in [-0.05, 0) is 25.0 Å². The normalized spacial score (nSPS) is 22.7. The lowest BCUT2D eigenvalue weighted by molar-refractivity contribution is -0.0194. The number of hydrogen-bond acceptors (Lipinski definition) is 4. The molecule has 1 aromatic rings. The molecule has 19 heavy (non-hydrogen) atoms. The third-order valence-electron chi connectivity index (χ3n) is 3.51. The molecule has 0 bridgehead atoms. The molecule has 2 rings (SSSR count). The predicted octanol–water partition coefficient (Wildman–Crippen LogP) is 1.49. The molecule has 1 aliphatic heterocycles. The van der Waals surface area contributed by atoms with Gasteiger partial charge in [0.15, 0.2) is 0 Å². The Morgan fingerprint density at radius 3 is 2.74 bits per heavy atom. The Labute approximate surface area is 113 Å². The van der Waals surface area contributed by atoms with Gasteiger partial charge in [0, 0.05) is 19.9 Å². The number of benzene rings is 1. The Hall–Kier alpha value is -1.59. The fourth-order valence-electron chi connectivity index (χ4n) is 2.56. The molecule has 5 nitrogen and oxygen atoms in total. The molecule has 1 heterocycles. The Morgan fingerprint density at radius 2 is 2.11 bits per heavy atom. The van der Waals surface area contributed by atoms with Crippen LogP contribution in [0.2, 0.25) is 0 Å². The van der Waals surface area contributed by atoms with E-state index in [1.807, 2.05) is 12.1 Å². The van der Waals surface area contributed by atoms with E-state index in [2.05, 4.69) is 0 Å². The summed E-state index contributed by atoms with van der Waals surface area (Å²) in [6, 6.07) is 7.15. The third kappa shape index (κ3) is 2.72. The van der Waals surface area contributed by atoms with Gasteiger partial charge in [-0.1, -0.05) is 12.1 Å². The highest BCUT2D eigenvalue weighted by atomic mass is 16.5. The monoisotopic (exact) mass is 264 g/mol. The van der Waals surface area contributed by atoms with Crippen molar-refractivity contribution in [2.45, 2.75) is 25.1 Å². The van der Waals surface area contributed by atoms with Gasteiger partial charge in [0.1, 0.15) is 6.23 Å². The lowest BCUT2D eigenvalue weighted by Gasteiger charge is -2.29. The van der Waals surface area contributed by atoms with E-state index in [1.165, 1.54) is 0 Å². The average molecular weight is 264 g/mol. The van der Waals surface area contributed by atoms with Crippen molar-refractivity contribution in [1.82, 2.24) is 4.90 Å². The molecule has 0 aliphatic carbocycles. The van der Waals surface area contributed by atoms with Gasteiger partial charge in [-0.3, -0.25) is 4.79 Å². The van der Waals surface area contributed by atoms with Crippen LogP contribution in [-0.2, 0) is 9.47 Å². The number of methoxy groups -OCH3 is 2. The molecule has 1 amide bonds. The topological polar surface area (TPSA) is 64.8 Å². The summed E-state index contributed by atoms with van der Waals surface area (Å²) in [4.78, 5) is 14.4. The number of ether oxygens (including phenoxy) is 2. The molecule has 0 aromatic heterocycles. The molecule has 1 saturated heterocycles. The SMILES string of the molecule is COCC1CCC(OC)N1C(=O)c1ccccc1N. The maximum atomic E-state index is 12.6. The van der Waals surface area contributed by atoms with Crippen LogP contribution in [-0.4, -0.2) is 43.9 Å².